The summed E-state index contributed by atoms with van der Waals surface area (Å²) in [7, 11) is 0. The summed E-state index contributed by atoms with van der Waals surface area (Å²) in [6.07, 6.45) is -3.59. The minimum Gasteiger partial charge on any atom is -0.356 e. The molecule has 0 amide bonds. The highest BCUT2D eigenvalue weighted by atomic mass is 35.5. The lowest BCUT2D eigenvalue weighted by Crippen LogP contribution is -2.38. The van der Waals surface area contributed by atoms with Crippen molar-refractivity contribution in [3.8, 4) is 0 Å². The normalized spacial score (nSPS) is 16.2. The Balaban J connectivity index is 1.77. The van der Waals surface area contributed by atoms with Gasteiger partial charge in [-0.2, -0.15) is 13.2 Å². The molecule has 176 valence electrons. The Morgan fingerprint density at radius 2 is 1.79 bits per heavy atom. The molecule has 0 saturated carbocycles. The number of fused-ring (bicyclic) bond motifs is 3. The predicted molar refractivity (Wildman–Crippen MR) is 114 cm³/mol. The van der Waals surface area contributed by atoms with Crippen LogP contribution in [-0.2, 0) is 12.6 Å². The molecule has 34 heavy (non-hydrogen) atoms. The summed E-state index contributed by atoms with van der Waals surface area (Å²) in [4.78, 5) is 12.0. The summed E-state index contributed by atoms with van der Waals surface area (Å²) < 4.78 is 84.5. The third-order valence-electron chi connectivity index (χ3n) is 5.97. The molecule has 1 unspecified atom stereocenters. The monoisotopic (exact) mass is 496 g/mol. The SMILES string of the molecule is Cc1ccc(C2c3[nH]c4ccc(Cl)c(F)c4c3CCN2c2nccc(C(F)(F)F)n2)c(F)c1F. The maximum atomic E-state index is 15.2. The van der Waals surface area contributed by atoms with Gasteiger partial charge in [0.2, 0.25) is 5.95 Å². The molecule has 1 atom stereocenters. The molecule has 3 heterocycles. The van der Waals surface area contributed by atoms with E-state index >= 15 is 4.39 Å². The summed E-state index contributed by atoms with van der Waals surface area (Å²) in [5, 5.41) is 0.0900. The first-order chi connectivity index (χ1) is 16.1. The van der Waals surface area contributed by atoms with Crippen molar-refractivity contribution in [3.05, 3.63) is 87.1 Å². The van der Waals surface area contributed by atoms with Crippen LogP contribution in [0.15, 0.2) is 36.5 Å². The van der Waals surface area contributed by atoms with E-state index in [4.69, 9.17) is 11.6 Å². The minimum absolute atomic E-state index is 0.0207. The Morgan fingerprint density at radius 1 is 1.03 bits per heavy atom. The topological polar surface area (TPSA) is 44.8 Å². The highest BCUT2D eigenvalue weighted by Crippen LogP contribution is 2.43. The number of alkyl halides is 3. The van der Waals surface area contributed by atoms with Gasteiger partial charge in [0, 0.05) is 34.9 Å². The third-order valence-corrected chi connectivity index (χ3v) is 6.26. The molecule has 0 spiro atoms. The van der Waals surface area contributed by atoms with Crippen molar-refractivity contribution in [1.29, 1.82) is 0 Å². The molecular formula is C23H15ClF6N4. The molecular weight excluding hydrogens is 482 g/mol. The summed E-state index contributed by atoms with van der Waals surface area (Å²) in [5.41, 5.74) is -0.116. The highest BCUT2D eigenvalue weighted by Gasteiger charge is 2.38. The van der Waals surface area contributed by atoms with Crippen LogP contribution in [-0.4, -0.2) is 21.5 Å². The van der Waals surface area contributed by atoms with E-state index in [2.05, 4.69) is 15.0 Å². The lowest BCUT2D eigenvalue weighted by Gasteiger charge is -2.36. The van der Waals surface area contributed by atoms with Crippen LogP contribution in [0.4, 0.5) is 32.3 Å². The Hall–Kier alpha value is -3.27. The molecule has 0 aliphatic carbocycles. The molecule has 1 aliphatic rings. The van der Waals surface area contributed by atoms with Crippen molar-refractivity contribution in [1.82, 2.24) is 15.0 Å². The maximum Gasteiger partial charge on any atom is 0.433 e. The number of benzene rings is 2. The fraction of sp³-hybridized carbons (Fsp3) is 0.217. The van der Waals surface area contributed by atoms with E-state index in [9.17, 15) is 22.0 Å². The molecule has 0 saturated heterocycles. The zero-order valence-corrected chi connectivity index (χ0v) is 18.2. The number of hydrogen-bond donors (Lipinski definition) is 1. The van der Waals surface area contributed by atoms with Crippen molar-refractivity contribution in [2.75, 3.05) is 11.4 Å². The average molecular weight is 497 g/mol. The zero-order chi connectivity index (χ0) is 24.4. The number of aryl methyl sites for hydroxylation is 1. The van der Waals surface area contributed by atoms with Crippen LogP contribution < -0.4 is 4.90 Å². The number of hydrogen-bond acceptors (Lipinski definition) is 3. The molecule has 0 radical (unpaired) electrons. The molecule has 1 aliphatic heterocycles. The second kappa shape index (κ2) is 7.90. The number of aromatic amines is 1. The van der Waals surface area contributed by atoms with E-state index in [1.165, 1.54) is 30.0 Å². The smallest absolute Gasteiger partial charge is 0.356 e. The van der Waals surface area contributed by atoms with Crippen molar-refractivity contribution < 1.29 is 26.3 Å². The first kappa shape index (κ1) is 22.5. The van der Waals surface area contributed by atoms with Crippen molar-refractivity contribution in [3.63, 3.8) is 0 Å². The first-order valence-electron chi connectivity index (χ1n) is 10.2. The number of rotatable bonds is 2. The fourth-order valence-corrected chi connectivity index (χ4v) is 4.53. The maximum absolute atomic E-state index is 15.2. The second-order valence-corrected chi connectivity index (χ2v) is 8.39. The molecule has 2 aromatic heterocycles. The predicted octanol–water partition coefficient (Wildman–Crippen LogP) is 6.51. The highest BCUT2D eigenvalue weighted by molar-refractivity contribution is 6.31. The molecule has 0 fully saturated rings. The van der Waals surface area contributed by atoms with Gasteiger partial charge in [0.1, 0.15) is 11.7 Å². The quantitative estimate of drug-likeness (QED) is 0.322. The van der Waals surface area contributed by atoms with Crippen LogP contribution in [0.1, 0.15) is 34.1 Å². The Labute approximate surface area is 194 Å². The first-order valence-corrected chi connectivity index (χ1v) is 10.6. The van der Waals surface area contributed by atoms with Crippen LogP contribution in [0.5, 0.6) is 0 Å². The van der Waals surface area contributed by atoms with Gasteiger partial charge in [0.25, 0.3) is 0 Å². The molecule has 4 nitrogen and oxygen atoms in total. The molecule has 1 N–H and O–H groups in total. The van der Waals surface area contributed by atoms with E-state index in [0.29, 0.717) is 16.8 Å². The van der Waals surface area contributed by atoms with Crippen molar-refractivity contribution >= 4 is 28.5 Å². The summed E-state index contributed by atoms with van der Waals surface area (Å²) >= 11 is 5.95. The van der Waals surface area contributed by atoms with Gasteiger partial charge in [-0.3, -0.25) is 0 Å². The zero-order valence-electron chi connectivity index (χ0n) is 17.4. The van der Waals surface area contributed by atoms with Crippen LogP contribution >= 0.6 is 11.6 Å². The molecule has 5 rings (SSSR count). The molecule has 2 aromatic carbocycles. The number of anilines is 1. The second-order valence-electron chi connectivity index (χ2n) is 7.99. The largest absolute Gasteiger partial charge is 0.433 e. The summed E-state index contributed by atoms with van der Waals surface area (Å²) in [6.45, 7) is 1.41. The number of H-pyrrole nitrogens is 1. The van der Waals surface area contributed by atoms with Gasteiger partial charge in [-0.05, 0) is 42.7 Å². The number of nitrogens with zero attached hydrogens (tertiary/aromatic N) is 3. The number of aromatic nitrogens is 3. The van der Waals surface area contributed by atoms with E-state index in [0.717, 1.165) is 12.3 Å². The lowest BCUT2D eigenvalue weighted by molar-refractivity contribution is -0.141. The number of nitrogens with one attached hydrogen (secondary N) is 1. The number of halogens is 7. The van der Waals surface area contributed by atoms with Gasteiger partial charge >= 0.3 is 6.18 Å². The van der Waals surface area contributed by atoms with Crippen LogP contribution in [0.25, 0.3) is 10.9 Å². The minimum atomic E-state index is -4.73. The summed E-state index contributed by atoms with van der Waals surface area (Å²) in [5.74, 6) is -3.23. The van der Waals surface area contributed by atoms with Gasteiger partial charge in [-0.25, -0.2) is 23.1 Å². The van der Waals surface area contributed by atoms with E-state index in [1.807, 2.05) is 0 Å². The third kappa shape index (κ3) is 3.48. The van der Waals surface area contributed by atoms with E-state index in [1.54, 1.807) is 6.07 Å². The molecule has 4 aromatic rings. The molecule has 0 bridgehead atoms. The molecule has 11 heteroatoms. The van der Waals surface area contributed by atoms with Gasteiger partial charge in [0.05, 0.1) is 5.02 Å². The lowest BCUT2D eigenvalue weighted by atomic mass is 9.91. The summed E-state index contributed by atoms with van der Waals surface area (Å²) in [6, 6.07) is 5.20. The van der Waals surface area contributed by atoms with Crippen LogP contribution in [0.2, 0.25) is 5.02 Å². The van der Waals surface area contributed by atoms with E-state index < -0.39 is 35.4 Å². The van der Waals surface area contributed by atoms with Gasteiger partial charge in [-0.15, -0.1) is 0 Å². The van der Waals surface area contributed by atoms with Crippen LogP contribution in [0, 0.1) is 24.4 Å². The fourth-order valence-electron chi connectivity index (χ4n) is 4.37. The van der Waals surface area contributed by atoms with Crippen molar-refractivity contribution in [2.45, 2.75) is 25.6 Å². The Bertz CT molecular complexity index is 1430. The van der Waals surface area contributed by atoms with E-state index in [-0.39, 0.29) is 40.4 Å². The van der Waals surface area contributed by atoms with Crippen molar-refractivity contribution in [2.24, 2.45) is 0 Å². The Kier molecular flexibility index (Phi) is 5.23. The van der Waals surface area contributed by atoms with Gasteiger partial charge in [0.15, 0.2) is 17.5 Å². The van der Waals surface area contributed by atoms with Crippen LogP contribution in [0.3, 0.4) is 0 Å². The average Bonchev–Trinajstić information content (AvgIpc) is 3.19. The Morgan fingerprint density at radius 3 is 2.53 bits per heavy atom. The standard InChI is InChI=1S/C23H15ClF6N4/c1-10-2-3-12(18(26)17(10)25)21-20-11(16-14(32-20)5-4-13(24)19(16)27)7-9-34(21)22-31-8-6-15(33-22)23(28,29)30/h2-6,8,21,32H,7,9H2,1H3. The van der Waals surface area contributed by atoms with Gasteiger partial charge in [-0.1, -0.05) is 23.7 Å². The van der Waals surface area contributed by atoms with Gasteiger partial charge < -0.3 is 9.88 Å².